The van der Waals surface area contributed by atoms with Crippen molar-refractivity contribution in [2.75, 3.05) is 13.6 Å². The van der Waals surface area contributed by atoms with Gasteiger partial charge >= 0.3 is 5.97 Å². The van der Waals surface area contributed by atoms with Gasteiger partial charge in [0.1, 0.15) is 0 Å². The molecule has 3 nitrogen and oxygen atoms in total. The van der Waals surface area contributed by atoms with Gasteiger partial charge in [0.25, 0.3) is 0 Å². The van der Waals surface area contributed by atoms with Crippen molar-refractivity contribution >= 4 is 5.97 Å². The molecule has 0 aliphatic carbocycles. The van der Waals surface area contributed by atoms with Crippen molar-refractivity contribution in [3.63, 3.8) is 0 Å². The van der Waals surface area contributed by atoms with E-state index in [0.29, 0.717) is 5.56 Å². The smallest absolute Gasteiger partial charge is 0.335 e. The molecule has 0 aromatic heterocycles. The van der Waals surface area contributed by atoms with Gasteiger partial charge in [0.05, 0.1) is 5.56 Å². The minimum Gasteiger partial charge on any atom is -0.478 e. The van der Waals surface area contributed by atoms with Gasteiger partial charge in [0.2, 0.25) is 0 Å². The third-order valence-electron chi connectivity index (χ3n) is 2.77. The highest BCUT2D eigenvalue weighted by Crippen LogP contribution is 2.18. The number of aromatic carboxylic acids is 1. The monoisotopic (exact) mass is 249 g/mol. The van der Waals surface area contributed by atoms with E-state index in [1.165, 1.54) is 5.56 Å². The predicted octanol–water partition coefficient (Wildman–Crippen LogP) is 3.17. The van der Waals surface area contributed by atoms with E-state index in [1.54, 1.807) is 12.1 Å². The van der Waals surface area contributed by atoms with E-state index in [0.717, 1.165) is 18.7 Å². The van der Waals surface area contributed by atoms with Crippen LogP contribution in [-0.2, 0) is 6.54 Å². The quantitative estimate of drug-likeness (QED) is 0.891. The second-order valence-electron chi connectivity index (χ2n) is 6.18. The molecule has 0 atom stereocenters. The maximum absolute atomic E-state index is 10.9. The van der Waals surface area contributed by atoms with Crippen molar-refractivity contribution in [3.8, 4) is 0 Å². The predicted molar refractivity (Wildman–Crippen MR) is 73.9 cm³/mol. The third kappa shape index (κ3) is 4.49. The minimum atomic E-state index is -0.868. The highest BCUT2D eigenvalue weighted by Gasteiger charge is 2.14. The molecule has 0 saturated heterocycles. The standard InChI is InChI=1S/C15H23NO2/c1-11-8-12(14(17)18)6-7-13(11)9-16(5)10-15(2,3)4/h6-8H,9-10H2,1-5H3,(H,17,18). The number of carbonyl (C=O) groups is 1. The van der Waals surface area contributed by atoms with Crippen molar-refractivity contribution < 1.29 is 9.90 Å². The summed E-state index contributed by atoms with van der Waals surface area (Å²) in [6.07, 6.45) is 0. The summed E-state index contributed by atoms with van der Waals surface area (Å²) in [5, 5.41) is 8.92. The van der Waals surface area contributed by atoms with Crippen LogP contribution in [0.2, 0.25) is 0 Å². The Bertz CT molecular complexity index is 433. The van der Waals surface area contributed by atoms with Crippen molar-refractivity contribution in [2.24, 2.45) is 5.41 Å². The van der Waals surface area contributed by atoms with E-state index in [1.807, 2.05) is 13.0 Å². The Morgan fingerprint density at radius 1 is 1.33 bits per heavy atom. The van der Waals surface area contributed by atoms with Crippen LogP contribution in [0, 0.1) is 12.3 Å². The zero-order valence-electron chi connectivity index (χ0n) is 11.9. The molecule has 0 aliphatic rings. The molecule has 0 spiro atoms. The second-order valence-corrected chi connectivity index (χ2v) is 6.18. The first-order valence-corrected chi connectivity index (χ1v) is 6.20. The first-order valence-electron chi connectivity index (χ1n) is 6.20. The number of hydrogen-bond acceptors (Lipinski definition) is 2. The van der Waals surface area contributed by atoms with Gasteiger partial charge in [-0.15, -0.1) is 0 Å². The molecule has 18 heavy (non-hydrogen) atoms. The lowest BCUT2D eigenvalue weighted by Gasteiger charge is -2.27. The van der Waals surface area contributed by atoms with Gasteiger partial charge in [-0.3, -0.25) is 0 Å². The van der Waals surface area contributed by atoms with Gasteiger partial charge in [-0.2, -0.15) is 0 Å². The van der Waals surface area contributed by atoms with E-state index in [-0.39, 0.29) is 5.41 Å². The van der Waals surface area contributed by atoms with Gasteiger partial charge < -0.3 is 10.0 Å². The Kier molecular flexibility index (Phi) is 4.52. The Morgan fingerprint density at radius 3 is 2.39 bits per heavy atom. The van der Waals surface area contributed by atoms with Crippen molar-refractivity contribution in [1.82, 2.24) is 4.90 Å². The highest BCUT2D eigenvalue weighted by atomic mass is 16.4. The molecule has 0 saturated carbocycles. The third-order valence-corrected chi connectivity index (χ3v) is 2.77. The molecule has 0 bridgehead atoms. The number of benzene rings is 1. The maximum atomic E-state index is 10.9. The number of hydrogen-bond donors (Lipinski definition) is 1. The number of nitrogens with zero attached hydrogens (tertiary/aromatic N) is 1. The molecule has 1 N–H and O–H groups in total. The van der Waals surface area contributed by atoms with Crippen LogP contribution >= 0.6 is 0 Å². The number of rotatable bonds is 4. The Labute approximate surface area is 109 Å². The molecular formula is C15H23NO2. The van der Waals surface area contributed by atoms with Gasteiger partial charge in [-0.05, 0) is 42.6 Å². The lowest BCUT2D eigenvalue weighted by atomic mass is 9.96. The summed E-state index contributed by atoms with van der Waals surface area (Å²) >= 11 is 0. The summed E-state index contributed by atoms with van der Waals surface area (Å²) in [4.78, 5) is 13.1. The SMILES string of the molecule is Cc1cc(C(=O)O)ccc1CN(C)CC(C)(C)C. The normalized spacial score (nSPS) is 11.9. The molecule has 0 radical (unpaired) electrons. The number of carboxylic acid groups (broad SMARTS) is 1. The zero-order chi connectivity index (χ0) is 13.9. The Morgan fingerprint density at radius 2 is 1.94 bits per heavy atom. The van der Waals surface area contributed by atoms with Crippen LogP contribution in [0.25, 0.3) is 0 Å². The van der Waals surface area contributed by atoms with Crippen LogP contribution in [-0.4, -0.2) is 29.6 Å². The maximum Gasteiger partial charge on any atom is 0.335 e. The second kappa shape index (κ2) is 5.53. The summed E-state index contributed by atoms with van der Waals surface area (Å²) in [6, 6.07) is 5.33. The van der Waals surface area contributed by atoms with Crippen LogP contribution in [0.1, 0.15) is 42.3 Å². The lowest BCUT2D eigenvalue weighted by molar-refractivity contribution is 0.0697. The van der Waals surface area contributed by atoms with E-state index >= 15 is 0 Å². The van der Waals surface area contributed by atoms with E-state index in [4.69, 9.17) is 5.11 Å². The van der Waals surface area contributed by atoms with Crippen LogP contribution in [0.3, 0.4) is 0 Å². The fourth-order valence-electron chi connectivity index (χ4n) is 2.16. The first kappa shape index (κ1) is 14.7. The fraction of sp³-hybridized carbons (Fsp3) is 0.533. The number of aryl methyl sites for hydroxylation is 1. The van der Waals surface area contributed by atoms with Crippen molar-refractivity contribution in [3.05, 3.63) is 34.9 Å². The summed E-state index contributed by atoms with van der Waals surface area (Å²) in [5.41, 5.74) is 2.85. The molecule has 0 unspecified atom stereocenters. The highest BCUT2D eigenvalue weighted by molar-refractivity contribution is 5.87. The lowest BCUT2D eigenvalue weighted by Crippen LogP contribution is -2.29. The molecule has 0 fully saturated rings. The van der Waals surface area contributed by atoms with E-state index in [9.17, 15) is 4.79 Å². The molecule has 0 aliphatic heterocycles. The van der Waals surface area contributed by atoms with Crippen molar-refractivity contribution in [1.29, 1.82) is 0 Å². The van der Waals surface area contributed by atoms with E-state index < -0.39 is 5.97 Å². The average Bonchev–Trinajstić information content (AvgIpc) is 2.17. The van der Waals surface area contributed by atoms with Crippen LogP contribution in [0.5, 0.6) is 0 Å². The van der Waals surface area contributed by atoms with Crippen LogP contribution in [0.15, 0.2) is 18.2 Å². The number of carboxylic acids is 1. The van der Waals surface area contributed by atoms with Crippen LogP contribution < -0.4 is 0 Å². The summed E-state index contributed by atoms with van der Waals surface area (Å²) < 4.78 is 0. The Hall–Kier alpha value is -1.35. The largest absolute Gasteiger partial charge is 0.478 e. The zero-order valence-corrected chi connectivity index (χ0v) is 11.9. The molecule has 0 amide bonds. The molecule has 100 valence electrons. The Balaban J connectivity index is 2.77. The van der Waals surface area contributed by atoms with Gasteiger partial charge in [-0.25, -0.2) is 4.79 Å². The summed E-state index contributed by atoms with van der Waals surface area (Å²) in [5.74, 6) is -0.868. The molecule has 3 heteroatoms. The molecule has 1 rings (SSSR count). The summed E-state index contributed by atoms with van der Waals surface area (Å²) in [6.45, 7) is 10.5. The fourth-order valence-corrected chi connectivity index (χ4v) is 2.16. The molecule has 0 heterocycles. The minimum absolute atomic E-state index is 0.268. The van der Waals surface area contributed by atoms with Gasteiger partial charge in [-0.1, -0.05) is 26.8 Å². The summed E-state index contributed by atoms with van der Waals surface area (Å²) in [7, 11) is 2.09. The average molecular weight is 249 g/mol. The molecular weight excluding hydrogens is 226 g/mol. The van der Waals surface area contributed by atoms with Gasteiger partial charge in [0.15, 0.2) is 0 Å². The van der Waals surface area contributed by atoms with E-state index in [2.05, 4.69) is 32.7 Å². The topological polar surface area (TPSA) is 40.5 Å². The first-order chi connectivity index (χ1) is 8.19. The van der Waals surface area contributed by atoms with Crippen LogP contribution in [0.4, 0.5) is 0 Å². The molecule has 1 aromatic carbocycles. The molecule has 1 aromatic rings. The van der Waals surface area contributed by atoms with Crippen molar-refractivity contribution in [2.45, 2.75) is 34.2 Å². The van der Waals surface area contributed by atoms with Gasteiger partial charge in [0, 0.05) is 13.1 Å².